The van der Waals surface area contributed by atoms with Crippen LogP contribution < -0.4 is 10.2 Å². The quantitative estimate of drug-likeness (QED) is 0.925. The summed E-state index contributed by atoms with van der Waals surface area (Å²) in [7, 11) is 0. The summed E-state index contributed by atoms with van der Waals surface area (Å²) in [5.41, 5.74) is 1.17. The van der Waals surface area contributed by atoms with Crippen molar-refractivity contribution in [2.75, 3.05) is 23.0 Å². The van der Waals surface area contributed by atoms with Gasteiger partial charge in [-0.25, -0.2) is 4.98 Å². The van der Waals surface area contributed by atoms with Gasteiger partial charge in [0.25, 0.3) is 0 Å². The lowest BCUT2D eigenvalue weighted by atomic mass is 10.2. The minimum Gasteiger partial charge on any atom is -0.352 e. The van der Waals surface area contributed by atoms with E-state index in [1.165, 1.54) is 29.9 Å². The molecule has 1 aromatic heterocycles. The van der Waals surface area contributed by atoms with Crippen molar-refractivity contribution in [2.45, 2.75) is 38.4 Å². The molecule has 1 saturated carbocycles. The van der Waals surface area contributed by atoms with Gasteiger partial charge in [0.1, 0.15) is 5.82 Å². The molecule has 2 heterocycles. The molecule has 1 atom stereocenters. The Balaban J connectivity index is 1.74. The normalized spacial score (nSPS) is 23.7. The van der Waals surface area contributed by atoms with Gasteiger partial charge >= 0.3 is 0 Å². The largest absolute Gasteiger partial charge is 0.352 e. The van der Waals surface area contributed by atoms with Crippen molar-refractivity contribution in [3.8, 4) is 0 Å². The molecular weight excluding hydrogens is 278 g/mol. The average molecular weight is 298 g/mol. The molecule has 104 valence electrons. The van der Waals surface area contributed by atoms with Crippen LogP contribution in [0.25, 0.3) is 0 Å². The summed E-state index contributed by atoms with van der Waals surface area (Å²) in [5.74, 6) is 3.44. The van der Waals surface area contributed by atoms with Crippen molar-refractivity contribution in [1.29, 1.82) is 0 Å². The smallest absolute Gasteiger partial charge is 0.129 e. The summed E-state index contributed by atoms with van der Waals surface area (Å²) in [4.78, 5) is 6.91. The zero-order valence-corrected chi connectivity index (χ0v) is 12.8. The van der Waals surface area contributed by atoms with Crippen LogP contribution in [0.2, 0.25) is 5.02 Å². The highest BCUT2D eigenvalue weighted by Crippen LogP contribution is 2.26. The molecule has 0 radical (unpaired) electrons. The molecule has 0 amide bonds. The van der Waals surface area contributed by atoms with E-state index in [0.717, 1.165) is 23.9 Å². The van der Waals surface area contributed by atoms with Gasteiger partial charge in [0, 0.05) is 42.9 Å². The third kappa shape index (κ3) is 3.36. The molecule has 3 nitrogen and oxygen atoms in total. The van der Waals surface area contributed by atoms with Crippen LogP contribution in [0.1, 0.15) is 25.3 Å². The molecule has 19 heavy (non-hydrogen) atoms. The van der Waals surface area contributed by atoms with Crippen molar-refractivity contribution < 1.29 is 0 Å². The Morgan fingerprint density at radius 1 is 1.53 bits per heavy atom. The molecule has 1 saturated heterocycles. The summed E-state index contributed by atoms with van der Waals surface area (Å²) in [6.45, 7) is 4.20. The Morgan fingerprint density at radius 3 is 3.11 bits per heavy atom. The van der Waals surface area contributed by atoms with Crippen LogP contribution >= 0.6 is 23.4 Å². The fourth-order valence-corrected chi connectivity index (χ4v) is 3.55. The van der Waals surface area contributed by atoms with Crippen molar-refractivity contribution in [3.63, 3.8) is 0 Å². The molecule has 2 aliphatic rings. The fourth-order valence-electron chi connectivity index (χ4n) is 2.37. The molecule has 1 aliphatic heterocycles. The molecule has 3 rings (SSSR count). The van der Waals surface area contributed by atoms with Crippen LogP contribution in [0.5, 0.6) is 0 Å². The minimum absolute atomic E-state index is 0.552. The van der Waals surface area contributed by atoms with Gasteiger partial charge in [0.15, 0.2) is 0 Å². The Labute approximate surface area is 124 Å². The van der Waals surface area contributed by atoms with Gasteiger partial charge in [-0.3, -0.25) is 0 Å². The Morgan fingerprint density at radius 2 is 2.37 bits per heavy atom. The fraction of sp³-hybridized carbons (Fsp3) is 0.643. The summed E-state index contributed by atoms with van der Waals surface area (Å²) in [5, 5.41) is 4.29. The van der Waals surface area contributed by atoms with Crippen LogP contribution in [0, 0.1) is 0 Å². The van der Waals surface area contributed by atoms with E-state index in [4.69, 9.17) is 11.6 Å². The first-order valence-corrected chi connectivity index (χ1v) is 8.49. The Kier molecular flexibility index (Phi) is 4.20. The second-order valence-corrected chi connectivity index (χ2v) is 6.96. The molecule has 1 aliphatic carbocycles. The third-order valence-corrected chi connectivity index (χ3v) is 5.27. The van der Waals surface area contributed by atoms with Crippen LogP contribution in [-0.4, -0.2) is 35.1 Å². The first-order valence-electron chi connectivity index (χ1n) is 6.96. The zero-order valence-electron chi connectivity index (χ0n) is 11.2. The topological polar surface area (TPSA) is 28.2 Å². The summed E-state index contributed by atoms with van der Waals surface area (Å²) in [6.07, 6.45) is 4.40. The van der Waals surface area contributed by atoms with E-state index in [-0.39, 0.29) is 0 Å². The SMILES string of the molecule is CC1CSCCN1c1cc(CNC2CC2)c(Cl)cn1. The lowest BCUT2D eigenvalue weighted by Crippen LogP contribution is -2.41. The van der Waals surface area contributed by atoms with E-state index in [1.807, 2.05) is 11.8 Å². The Bertz CT molecular complexity index is 450. The van der Waals surface area contributed by atoms with Gasteiger partial charge < -0.3 is 10.2 Å². The standard InChI is InChI=1S/C14H20ClN3S/c1-10-9-19-5-4-18(10)14-6-11(13(15)8-17-14)7-16-12-2-3-12/h6,8,10,12,16H,2-5,7,9H2,1H3. The number of thioether (sulfide) groups is 1. The predicted octanol–water partition coefficient (Wildman–Crippen LogP) is 2.93. The number of hydrogen-bond acceptors (Lipinski definition) is 4. The summed E-state index contributed by atoms with van der Waals surface area (Å²) >= 11 is 8.27. The van der Waals surface area contributed by atoms with Gasteiger partial charge in [0.2, 0.25) is 0 Å². The van der Waals surface area contributed by atoms with Crippen molar-refractivity contribution in [3.05, 3.63) is 22.8 Å². The van der Waals surface area contributed by atoms with Crippen LogP contribution in [-0.2, 0) is 6.54 Å². The number of pyridine rings is 1. The molecular formula is C14H20ClN3S. The van der Waals surface area contributed by atoms with Crippen molar-refractivity contribution in [2.24, 2.45) is 0 Å². The molecule has 0 aromatic carbocycles. The number of hydrogen-bond donors (Lipinski definition) is 1. The number of anilines is 1. The maximum atomic E-state index is 6.25. The number of halogens is 1. The highest BCUT2D eigenvalue weighted by molar-refractivity contribution is 7.99. The monoisotopic (exact) mass is 297 g/mol. The van der Waals surface area contributed by atoms with Gasteiger partial charge in [0.05, 0.1) is 5.02 Å². The maximum absolute atomic E-state index is 6.25. The van der Waals surface area contributed by atoms with E-state index in [2.05, 4.69) is 28.2 Å². The van der Waals surface area contributed by atoms with Gasteiger partial charge in [-0.2, -0.15) is 11.8 Å². The molecule has 0 bridgehead atoms. The maximum Gasteiger partial charge on any atom is 0.129 e. The third-order valence-electron chi connectivity index (χ3n) is 3.74. The minimum atomic E-state index is 0.552. The van der Waals surface area contributed by atoms with Gasteiger partial charge in [-0.1, -0.05) is 11.6 Å². The zero-order chi connectivity index (χ0) is 13.2. The predicted molar refractivity (Wildman–Crippen MR) is 83.2 cm³/mol. The van der Waals surface area contributed by atoms with Crippen LogP contribution in [0.15, 0.2) is 12.3 Å². The van der Waals surface area contributed by atoms with Crippen LogP contribution in [0.3, 0.4) is 0 Å². The average Bonchev–Trinajstić information content (AvgIpc) is 3.23. The van der Waals surface area contributed by atoms with Gasteiger partial charge in [-0.05, 0) is 31.4 Å². The molecule has 1 N–H and O–H groups in total. The highest BCUT2D eigenvalue weighted by Gasteiger charge is 2.22. The Hall–Kier alpha value is -0.450. The molecule has 1 aromatic rings. The molecule has 1 unspecified atom stereocenters. The molecule has 0 spiro atoms. The van der Waals surface area contributed by atoms with Gasteiger partial charge in [-0.15, -0.1) is 0 Å². The lowest BCUT2D eigenvalue weighted by molar-refractivity contribution is 0.676. The summed E-state index contributed by atoms with van der Waals surface area (Å²) < 4.78 is 0. The van der Waals surface area contributed by atoms with E-state index >= 15 is 0 Å². The lowest BCUT2D eigenvalue weighted by Gasteiger charge is -2.34. The number of aromatic nitrogens is 1. The van der Waals surface area contributed by atoms with E-state index in [1.54, 1.807) is 6.20 Å². The first-order chi connectivity index (χ1) is 9.24. The molecule has 2 fully saturated rings. The van der Waals surface area contributed by atoms with Crippen molar-refractivity contribution >= 4 is 29.2 Å². The number of rotatable bonds is 4. The highest BCUT2D eigenvalue weighted by atomic mass is 35.5. The van der Waals surface area contributed by atoms with Crippen LogP contribution in [0.4, 0.5) is 5.82 Å². The van der Waals surface area contributed by atoms with Crippen molar-refractivity contribution in [1.82, 2.24) is 10.3 Å². The number of nitrogens with one attached hydrogen (secondary N) is 1. The molecule has 5 heteroatoms. The first kappa shape index (κ1) is 13.5. The van der Waals surface area contributed by atoms with E-state index in [0.29, 0.717) is 12.1 Å². The van der Waals surface area contributed by atoms with E-state index in [9.17, 15) is 0 Å². The summed E-state index contributed by atoms with van der Waals surface area (Å²) in [6, 6.07) is 3.42. The second-order valence-electron chi connectivity index (χ2n) is 5.41. The number of nitrogens with zero attached hydrogens (tertiary/aromatic N) is 2. The van der Waals surface area contributed by atoms with E-state index < -0.39 is 0 Å². The second kappa shape index (κ2) is 5.90.